The topological polar surface area (TPSA) is 52.9 Å². The van der Waals surface area contributed by atoms with Crippen molar-refractivity contribution < 1.29 is 0 Å². The fourth-order valence-electron chi connectivity index (χ4n) is 2.22. The molecule has 1 heterocycles. The van der Waals surface area contributed by atoms with Crippen molar-refractivity contribution in [3.05, 3.63) is 16.0 Å². The number of unbranched alkanes of at least 4 members (excludes halogenated alkanes) is 1. The monoisotopic (exact) mass is 239 g/mol. The van der Waals surface area contributed by atoms with Crippen molar-refractivity contribution in [2.45, 2.75) is 66.0 Å². The first-order chi connectivity index (χ1) is 8.04. The van der Waals surface area contributed by atoms with E-state index in [1.54, 1.807) is 0 Å². The van der Waals surface area contributed by atoms with Crippen LogP contribution in [0.2, 0.25) is 0 Å². The van der Waals surface area contributed by atoms with Gasteiger partial charge in [0.15, 0.2) is 0 Å². The molecule has 0 atom stereocenters. The van der Waals surface area contributed by atoms with Crippen LogP contribution in [-0.4, -0.2) is 9.36 Å². The van der Waals surface area contributed by atoms with Crippen molar-refractivity contribution in [1.82, 2.24) is 9.36 Å². The van der Waals surface area contributed by atoms with Crippen LogP contribution in [0.3, 0.4) is 0 Å². The molecule has 0 fully saturated rings. The van der Waals surface area contributed by atoms with Gasteiger partial charge in [-0.3, -0.25) is 9.48 Å². The Labute approximate surface area is 103 Å². The molecule has 0 saturated heterocycles. The number of rotatable bonds is 6. The van der Waals surface area contributed by atoms with Crippen LogP contribution in [0.15, 0.2) is 4.79 Å². The first-order valence-electron chi connectivity index (χ1n) is 6.63. The highest BCUT2D eigenvalue weighted by atomic mass is 16.1. The highest BCUT2D eigenvalue weighted by Crippen LogP contribution is 2.20. The lowest BCUT2D eigenvalue weighted by Gasteiger charge is -2.15. The lowest BCUT2D eigenvalue weighted by molar-refractivity contribution is 0.410. The van der Waals surface area contributed by atoms with E-state index in [0.29, 0.717) is 5.69 Å². The van der Waals surface area contributed by atoms with Gasteiger partial charge in [0.2, 0.25) is 0 Å². The summed E-state index contributed by atoms with van der Waals surface area (Å²) in [7, 11) is 0. The summed E-state index contributed by atoms with van der Waals surface area (Å²) < 4.78 is 3.90. The summed E-state index contributed by atoms with van der Waals surface area (Å²) >= 11 is 0. The molecule has 1 aromatic heterocycles. The number of aromatic nitrogens is 2. The third-order valence-corrected chi connectivity index (χ3v) is 3.02. The Kier molecular flexibility index (Phi) is 4.85. The van der Waals surface area contributed by atoms with Crippen LogP contribution in [0.25, 0.3) is 0 Å². The van der Waals surface area contributed by atoms with Crippen molar-refractivity contribution in [2.75, 3.05) is 5.73 Å². The van der Waals surface area contributed by atoms with Gasteiger partial charge in [0.05, 0.1) is 5.69 Å². The Morgan fingerprint density at radius 2 is 1.76 bits per heavy atom. The lowest BCUT2D eigenvalue weighted by Crippen LogP contribution is -2.24. The maximum Gasteiger partial charge on any atom is 0.290 e. The van der Waals surface area contributed by atoms with Crippen molar-refractivity contribution >= 4 is 5.69 Å². The third kappa shape index (κ3) is 2.73. The molecule has 0 bridgehead atoms. The number of anilines is 1. The minimum atomic E-state index is -0.0180. The van der Waals surface area contributed by atoms with Crippen LogP contribution in [0.4, 0.5) is 5.69 Å². The van der Waals surface area contributed by atoms with Crippen LogP contribution in [-0.2, 0) is 13.1 Å². The Hall–Kier alpha value is -1.19. The molecule has 0 aliphatic rings. The molecule has 0 aromatic carbocycles. The van der Waals surface area contributed by atoms with Crippen molar-refractivity contribution in [3.8, 4) is 0 Å². The molecule has 0 saturated carbocycles. The van der Waals surface area contributed by atoms with E-state index >= 15 is 0 Å². The lowest BCUT2D eigenvalue weighted by atomic mass is 10.1. The van der Waals surface area contributed by atoms with E-state index in [0.717, 1.165) is 38.0 Å². The summed E-state index contributed by atoms with van der Waals surface area (Å²) in [5.41, 5.74) is 7.36. The van der Waals surface area contributed by atoms with E-state index < -0.39 is 0 Å². The second kappa shape index (κ2) is 5.94. The number of hydrogen-bond acceptors (Lipinski definition) is 2. The summed E-state index contributed by atoms with van der Waals surface area (Å²) in [5.74, 6) is 0.289. The van der Waals surface area contributed by atoms with Crippen LogP contribution < -0.4 is 11.3 Å². The maximum atomic E-state index is 12.1. The molecule has 1 aromatic rings. The molecule has 4 nitrogen and oxygen atoms in total. The van der Waals surface area contributed by atoms with Gasteiger partial charge in [-0.25, -0.2) is 4.68 Å². The van der Waals surface area contributed by atoms with Crippen molar-refractivity contribution in [3.63, 3.8) is 0 Å². The van der Waals surface area contributed by atoms with Crippen LogP contribution in [0, 0.1) is 0 Å². The molecule has 2 N–H and O–H groups in total. The summed E-state index contributed by atoms with van der Waals surface area (Å²) in [6, 6.07) is 0. The molecule has 0 amide bonds. The van der Waals surface area contributed by atoms with E-state index in [1.165, 1.54) is 0 Å². The largest absolute Gasteiger partial charge is 0.393 e. The molecule has 0 unspecified atom stereocenters. The first-order valence-corrected chi connectivity index (χ1v) is 6.63. The smallest absolute Gasteiger partial charge is 0.290 e. The van der Waals surface area contributed by atoms with E-state index in [1.807, 2.05) is 4.68 Å². The van der Waals surface area contributed by atoms with Gasteiger partial charge in [0, 0.05) is 13.1 Å². The second-order valence-electron chi connectivity index (χ2n) is 4.86. The van der Waals surface area contributed by atoms with Gasteiger partial charge in [-0.2, -0.15) is 0 Å². The van der Waals surface area contributed by atoms with Gasteiger partial charge < -0.3 is 5.73 Å². The standard InChI is InChI=1S/C13H25N3O/c1-5-7-9-16-13(17)11(14)12(10(3)4)15(16)8-6-2/h10H,5-9,14H2,1-4H3. The zero-order valence-electron chi connectivity index (χ0n) is 11.5. The molecule has 0 radical (unpaired) electrons. The fourth-order valence-corrected chi connectivity index (χ4v) is 2.22. The van der Waals surface area contributed by atoms with Gasteiger partial charge in [0.1, 0.15) is 5.69 Å². The minimum Gasteiger partial charge on any atom is -0.393 e. The predicted octanol–water partition coefficient (Wildman–Crippen LogP) is 2.57. The number of nitrogens with zero attached hydrogens (tertiary/aromatic N) is 2. The van der Waals surface area contributed by atoms with Crippen LogP contribution >= 0.6 is 0 Å². The third-order valence-electron chi connectivity index (χ3n) is 3.02. The van der Waals surface area contributed by atoms with Crippen molar-refractivity contribution in [2.24, 2.45) is 0 Å². The Morgan fingerprint density at radius 3 is 2.24 bits per heavy atom. The second-order valence-corrected chi connectivity index (χ2v) is 4.86. The van der Waals surface area contributed by atoms with Crippen molar-refractivity contribution in [1.29, 1.82) is 0 Å². The highest BCUT2D eigenvalue weighted by molar-refractivity contribution is 5.43. The van der Waals surface area contributed by atoms with E-state index in [9.17, 15) is 4.79 Å². The van der Waals surface area contributed by atoms with Crippen LogP contribution in [0.5, 0.6) is 0 Å². The Balaban J connectivity index is 3.26. The molecule has 1 rings (SSSR count). The average Bonchev–Trinajstić information content (AvgIpc) is 2.50. The molecule has 0 aliphatic heterocycles. The maximum absolute atomic E-state index is 12.1. The average molecular weight is 239 g/mol. The molecule has 98 valence electrons. The number of hydrogen-bond donors (Lipinski definition) is 1. The summed E-state index contributed by atoms with van der Waals surface area (Å²) in [6.07, 6.45) is 3.12. The summed E-state index contributed by atoms with van der Waals surface area (Å²) in [6.45, 7) is 10.1. The van der Waals surface area contributed by atoms with E-state index in [4.69, 9.17) is 5.73 Å². The highest BCUT2D eigenvalue weighted by Gasteiger charge is 2.18. The van der Waals surface area contributed by atoms with Crippen LogP contribution in [0.1, 0.15) is 58.6 Å². The normalized spacial score (nSPS) is 11.4. The summed E-state index contributed by atoms with van der Waals surface area (Å²) in [5, 5.41) is 0. The van der Waals surface area contributed by atoms with Gasteiger partial charge in [0.25, 0.3) is 5.56 Å². The summed E-state index contributed by atoms with van der Waals surface area (Å²) in [4.78, 5) is 12.1. The minimum absolute atomic E-state index is 0.0180. The van der Waals surface area contributed by atoms with E-state index in [-0.39, 0.29) is 11.5 Å². The zero-order valence-corrected chi connectivity index (χ0v) is 11.5. The van der Waals surface area contributed by atoms with Gasteiger partial charge in [-0.05, 0) is 18.8 Å². The van der Waals surface area contributed by atoms with E-state index in [2.05, 4.69) is 32.4 Å². The molecule has 0 aliphatic carbocycles. The predicted molar refractivity (Wildman–Crippen MR) is 72.4 cm³/mol. The fraction of sp³-hybridized carbons (Fsp3) is 0.769. The Bertz CT molecular complexity index is 415. The molecular weight excluding hydrogens is 214 g/mol. The van der Waals surface area contributed by atoms with Gasteiger partial charge >= 0.3 is 0 Å². The molecule has 4 heteroatoms. The quantitative estimate of drug-likeness (QED) is 0.829. The molecule has 0 spiro atoms. The zero-order chi connectivity index (χ0) is 13.0. The van der Waals surface area contributed by atoms with Gasteiger partial charge in [-0.1, -0.05) is 34.1 Å². The Morgan fingerprint density at radius 1 is 1.12 bits per heavy atom. The number of nitrogens with two attached hydrogens (primary N) is 1. The number of nitrogen functional groups attached to an aromatic ring is 1. The first kappa shape index (κ1) is 13.9. The molecular formula is C13H25N3O. The van der Waals surface area contributed by atoms with Gasteiger partial charge in [-0.15, -0.1) is 0 Å². The molecule has 17 heavy (non-hydrogen) atoms. The SMILES string of the molecule is CCCCn1c(=O)c(N)c(C(C)C)n1CCC.